The summed E-state index contributed by atoms with van der Waals surface area (Å²) in [6, 6.07) is 5.77. The minimum Gasteiger partial charge on any atom is -0.383 e. The minimum atomic E-state index is -0.356. The number of aromatic nitrogens is 2. The van der Waals surface area contributed by atoms with Crippen molar-refractivity contribution in [1.29, 1.82) is 0 Å². The predicted molar refractivity (Wildman–Crippen MR) is 68.2 cm³/mol. The van der Waals surface area contributed by atoms with Crippen molar-refractivity contribution in [2.75, 3.05) is 16.8 Å². The van der Waals surface area contributed by atoms with Crippen LogP contribution in [0.5, 0.6) is 0 Å². The SMILES string of the molecule is Nc1cc(Nc2cc(F)ccc2Br)nc(N)n1. The maximum absolute atomic E-state index is 13.1. The highest BCUT2D eigenvalue weighted by atomic mass is 79.9. The summed E-state index contributed by atoms with van der Waals surface area (Å²) in [5.41, 5.74) is 11.5. The van der Waals surface area contributed by atoms with E-state index in [0.29, 0.717) is 16.0 Å². The maximum Gasteiger partial charge on any atom is 0.223 e. The Labute approximate surface area is 105 Å². The molecule has 1 aromatic heterocycles. The first-order chi connectivity index (χ1) is 8.04. The molecule has 7 heteroatoms. The molecular formula is C10H9BrFN5. The van der Waals surface area contributed by atoms with Crippen molar-refractivity contribution in [1.82, 2.24) is 9.97 Å². The summed E-state index contributed by atoms with van der Waals surface area (Å²) in [6.45, 7) is 0. The van der Waals surface area contributed by atoms with E-state index < -0.39 is 0 Å². The molecule has 88 valence electrons. The van der Waals surface area contributed by atoms with Crippen LogP contribution in [-0.2, 0) is 0 Å². The van der Waals surface area contributed by atoms with Crippen LogP contribution in [0, 0.1) is 5.82 Å². The number of nitrogens with one attached hydrogen (secondary N) is 1. The summed E-state index contributed by atoms with van der Waals surface area (Å²) in [7, 11) is 0. The van der Waals surface area contributed by atoms with Crippen LogP contribution in [0.1, 0.15) is 0 Å². The zero-order valence-electron chi connectivity index (χ0n) is 8.61. The average Bonchev–Trinajstić information content (AvgIpc) is 2.22. The quantitative estimate of drug-likeness (QED) is 0.791. The van der Waals surface area contributed by atoms with Crippen molar-refractivity contribution >= 4 is 39.2 Å². The van der Waals surface area contributed by atoms with Crippen LogP contribution in [-0.4, -0.2) is 9.97 Å². The zero-order chi connectivity index (χ0) is 12.4. The van der Waals surface area contributed by atoms with Gasteiger partial charge in [-0.25, -0.2) is 4.39 Å². The Morgan fingerprint density at radius 1 is 1.18 bits per heavy atom. The number of halogens is 2. The van der Waals surface area contributed by atoms with Gasteiger partial charge >= 0.3 is 0 Å². The van der Waals surface area contributed by atoms with Crippen LogP contribution in [0.2, 0.25) is 0 Å². The fourth-order valence-corrected chi connectivity index (χ4v) is 1.63. The summed E-state index contributed by atoms with van der Waals surface area (Å²) in [6.07, 6.45) is 0. The summed E-state index contributed by atoms with van der Waals surface area (Å²) in [4.78, 5) is 7.67. The molecule has 1 aromatic carbocycles. The molecule has 0 aliphatic rings. The van der Waals surface area contributed by atoms with Crippen molar-refractivity contribution in [3.8, 4) is 0 Å². The van der Waals surface area contributed by atoms with E-state index in [1.807, 2.05) is 0 Å². The Morgan fingerprint density at radius 3 is 2.65 bits per heavy atom. The molecule has 0 radical (unpaired) electrons. The van der Waals surface area contributed by atoms with Gasteiger partial charge in [-0.15, -0.1) is 0 Å². The van der Waals surface area contributed by atoms with Gasteiger partial charge in [0, 0.05) is 10.5 Å². The van der Waals surface area contributed by atoms with E-state index >= 15 is 0 Å². The molecule has 0 saturated carbocycles. The van der Waals surface area contributed by atoms with Crippen molar-refractivity contribution in [2.45, 2.75) is 0 Å². The first-order valence-corrected chi connectivity index (χ1v) is 5.46. The lowest BCUT2D eigenvalue weighted by Crippen LogP contribution is -2.03. The largest absolute Gasteiger partial charge is 0.383 e. The van der Waals surface area contributed by atoms with E-state index in [1.165, 1.54) is 18.2 Å². The van der Waals surface area contributed by atoms with Crippen LogP contribution in [0.3, 0.4) is 0 Å². The second-order valence-corrected chi connectivity index (χ2v) is 4.14. The number of hydrogen-bond donors (Lipinski definition) is 3. The molecule has 17 heavy (non-hydrogen) atoms. The second kappa shape index (κ2) is 4.54. The fourth-order valence-electron chi connectivity index (χ4n) is 1.28. The summed E-state index contributed by atoms with van der Waals surface area (Å²) in [5, 5.41) is 2.90. The third-order valence-corrected chi connectivity index (χ3v) is 2.65. The molecule has 5 nitrogen and oxygen atoms in total. The smallest absolute Gasteiger partial charge is 0.223 e. The molecule has 2 rings (SSSR count). The van der Waals surface area contributed by atoms with Gasteiger partial charge in [0.15, 0.2) is 0 Å². The normalized spacial score (nSPS) is 10.2. The van der Waals surface area contributed by atoms with Crippen molar-refractivity contribution in [2.24, 2.45) is 0 Å². The van der Waals surface area contributed by atoms with Gasteiger partial charge < -0.3 is 16.8 Å². The lowest BCUT2D eigenvalue weighted by Gasteiger charge is -2.08. The Bertz CT molecular complexity index is 540. The summed E-state index contributed by atoms with van der Waals surface area (Å²) < 4.78 is 13.8. The van der Waals surface area contributed by atoms with Gasteiger partial charge in [0.2, 0.25) is 5.95 Å². The Balaban J connectivity index is 2.34. The van der Waals surface area contributed by atoms with E-state index in [1.54, 1.807) is 6.07 Å². The molecular weight excluding hydrogens is 289 g/mol. The molecule has 0 spiro atoms. The highest BCUT2D eigenvalue weighted by molar-refractivity contribution is 9.10. The van der Waals surface area contributed by atoms with Crippen LogP contribution < -0.4 is 16.8 Å². The van der Waals surface area contributed by atoms with Crippen molar-refractivity contribution in [3.05, 3.63) is 34.6 Å². The second-order valence-electron chi connectivity index (χ2n) is 3.29. The number of benzene rings is 1. The van der Waals surface area contributed by atoms with E-state index in [0.717, 1.165) is 0 Å². The number of anilines is 4. The van der Waals surface area contributed by atoms with E-state index in [2.05, 4.69) is 31.2 Å². The molecule has 0 bridgehead atoms. The van der Waals surface area contributed by atoms with Gasteiger partial charge in [-0.2, -0.15) is 9.97 Å². The number of nitrogen functional groups attached to an aromatic ring is 2. The van der Waals surface area contributed by atoms with E-state index in [9.17, 15) is 4.39 Å². The van der Waals surface area contributed by atoms with Crippen LogP contribution in [0.15, 0.2) is 28.7 Å². The highest BCUT2D eigenvalue weighted by Crippen LogP contribution is 2.26. The molecule has 0 aliphatic heterocycles. The van der Waals surface area contributed by atoms with Crippen molar-refractivity contribution < 1.29 is 4.39 Å². The Kier molecular flexibility index (Phi) is 3.10. The van der Waals surface area contributed by atoms with E-state index in [4.69, 9.17) is 11.5 Å². The monoisotopic (exact) mass is 297 g/mol. The molecule has 0 atom stereocenters. The topological polar surface area (TPSA) is 89.8 Å². The van der Waals surface area contributed by atoms with Crippen LogP contribution >= 0.6 is 15.9 Å². The fraction of sp³-hybridized carbons (Fsp3) is 0. The predicted octanol–water partition coefficient (Wildman–Crippen LogP) is 2.29. The molecule has 2 aromatic rings. The molecule has 1 heterocycles. The summed E-state index contributed by atoms with van der Waals surface area (Å²) >= 11 is 3.29. The van der Waals surface area contributed by atoms with Crippen LogP contribution in [0.4, 0.5) is 27.7 Å². The zero-order valence-corrected chi connectivity index (χ0v) is 10.2. The average molecular weight is 298 g/mol. The lowest BCUT2D eigenvalue weighted by molar-refractivity contribution is 0.628. The Morgan fingerprint density at radius 2 is 1.94 bits per heavy atom. The first kappa shape index (κ1) is 11.6. The number of rotatable bonds is 2. The molecule has 5 N–H and O–H groups in total. The third-order valence-electron chi connectivity index (χ3n) is 1.95. The molecule has 0 saturated heterocycles. The van der Waals surface area contributed by atoms with Gasteiger partial charge in [-0.05, 0) is 34.1 Å². The molecule has 0 aliphatic carbocycles. The third kappa shape index (κ3) is 2.82. The van der Waals surface area contributed by atoms with Gasteiger partial charge in [0.1, 0.15) is 17.5 Å². The van der Waals surface area contributed by atoms with E-state index in [-0.39, 0.29) is 17.6 Å². The number of nitrogens with two attached hydrogens (primary N) is 2. The molecule has 0 unspecified atom stereocenters. The lowest BCUT2D eigenvalue weighted by atomic mass is 10.3. The maximum atomic E-state index is 13.1. The summed E-state index contributed by atoms with van der Waals surface area (Å²) in [5.74, 6) is 0.347. The first-order valence-electron chi connectivity index (χ1n) is 4.67. The molecule has 0 fully saturated rings. The van der Waals surface area contributed by atoms with Gasteiger partial charge in [0.05, 0.1) is 5.69 Å². The van der Waals surface area contributed by atoms with Gasteiger partial charge in [-0.3, -0.25) is 0 Å². The van der Waals surface area contributed by atoms with Crippen molar-refractivity contribution in [3.63, 3.8) is 0 Å². The highest BCUT2D eigenvalue weighted by Gasteiger charge is 2.05. The molecule has 0 amide bonds. The van der Waals surface area contributed by atoms with Gasteiger partial charge in [0.25, 0.3) is 0 Å². The Hall–Kier alpha value is -1.89. The minimum absolute atomic E-state index is 0.0556. The standard InChI is InChI=1S/C10H9BrFN5/c11-6-2-1-5(12)3-7(6)15-9-4-8(13)16-10(14)17-9/h1-4H,(H5,13,14,15,16,17). The van der Waals surface area contributed by atoms with Gasteiger partial charge in [-0.1, -0.05) is 0 Å². The number of hydrogen-bond acceptors (Lipinski definition) is 5. The number of nitrogens with zero attached hydrogens (tertiary/aromatic N) is 2. The van der Waals surface area contributed by atoms with Crippen LogP contribution in [0.25, 0.3) is 0 Å².